The van der Waals surface area contributed by atoms with Gasteiger partial charge in [0, 0.05) is 25.2 Å². The lowest BCUT2D eigenvalue weighted by atomic mass is 10.1. The Balaban J connectivity index is 1.67. The lowest BCUT2D eigenvalue weighted by Crippen LogP contribution is -2.41. The Hall–Kier alpha value is -0.940. The van der Waals surface area contributed by atoms with E-state index >= 15 is 0 Å². The van der Waals surface area contributed by atoms with Crippen LogP contribution in [0.2, 0.25) is 0 Å². The fourth-order valence-corrected chi connectivity index (χ4v) is 3.18. The van der Waals surface area contributed by atoms with Crippen LogP contribution in [0.1, 0.15) is 45.4 Å². The van der Waals surface area contributed by atoms with E-state index in [1.807, 2.05) is 0 Å². The normalized spacial score (nSPS) is 28.5. The summed E-state index contributed by atoms with van der Waals surface area (Å²) in [4.78, 5) is 7.07. The largest absolute Gasteiger partial charge is 0.312 e. The van der Waals surface area contributed by atoms with Gasteiger partial charge in [-0.1, -0.05) is 6.92 Å². The Morgan fingerprint density at radius 2 is 2.20 bits per heavy atom. The molecule has 1 aliphatic carbocycles. The summed E-state index contributed by atoms with van der Waals surface area (Å²) in [5, 5.41) is 8.09. The maximum Gasteiger partial charge on any atom is 0.141 e. The second-order valence-electron chi connectivity index (χ2n) is 6.36. The predicted octanol–water partition coefficient (Wildman–Crippen LogP) is 1.65. The average molecular weight is 277 g/mol. The van der Waals surface area contributed by atoms with E-state index in [2.05, 4.69) is 38.8 Å². The van der Waals surface area contributed by atoms with Crippen molar-refractivity contribution in [2.75, 3.05) is 13.1 Å². The lowest BCUT2D eigenvalue weighted by Gasteiger charge is -2.28. The molecule has 1 saturated carbocycles. The molecular formula is C15H27N5. The van der Waals surface area contributed by atoms with Crippen molar-refractivity contribution >= 4 is 0 Å². The molecule has 2 heterocycles. The van der Waals surface area contributed by atoms with Crippen molar-refractivity contribution in [2.45, 2.75) is 64.7 Å². The fraction of sp³-hybridized carbons (Fsp3) is 0.867. The summed E-state index contributed by atoms with van der Waals surface area (Å²) in [7, 11) is 0. The van der Waals surface area contributed by atoms with Gasteiger partial charge in [-0.25, -0.2) is 9.67 Å². The van der Waals surface area contributed by atoms with Gasteiger partial charge < -0.3 is 5.32 Å². The van der Waals surface area contributed by atoms with Crippen molar-refractivity contribution in [1.82, 2.24) is 25.0 Å². The molecular weight excluding hydrogens is 250 g/mol. The average Bonchev–Trinajstić information content (AvgIpc) is 3.20. The van der Waals surface area contributed by atoms with Gasteiger partial charge in [-0.15, -0.1) is 0 Å². The van der Waals surface area contributed by atoms with Crippen molar-refractivity contribution in [3.05, 3.63) is 12.2 Å². The summed E-state index contributed by atoms with van der Waals surface area (Å²) in [6.45, 7) is 8.75. The van der Waals surface area contributed by atoms with E-state index in [1.54, 1.807) is 6.33 Å². The van der Waals surface area contributed by atoms with Crippen LogP contribution in [-0.4, -0.2) is 44.8 Å². The highest BCUT2D eigenvalue weighted by atomic mass is 15.4. The van der Waals surface area contributed by atoms with E-state index in [0.717, 1.165) is 44.3 Å². The van der Waals surface area contributed by atoms with Gasteiger partial charge in [-0.3, -0.25) is 4.90 Å². The Labute approximate surface area is 121 Å². The molecule has 5 nitrogen and oxygen atoms in total. The minimum Gasteiger partial charge on any atom is -0.312 e. The summed E-state index contributed by atoms with van der Waals surface area (Å²) in [6, 6.07) is 1.31. The summed E-state index contributed by atoms with van der Waals surface area (Å²) < 4.78 is 2.07. The van der Waals surface area contributed by atoms with Crippen molar-refractivity contribution < 1.29 is 0 Å². The number of aryl methyl sites for hydroxylation is 1. The van der Waals surface area contributed by atoms with Gasteiger partial charge in [0.05, 0.1) is 6.54 Å². The first kappa shape index (κ1) is 14.0. The molecule has 20 heavy (non-hydrogen) atoms. The molecule has 1 saturated heterocycles. The molecule has 1 aliphatic heterocycles. The molecule has 3 rings (SSSR count). The van der Waals surface area contributed by atoms with E-state index in [4.69, 9.17) is 0 Å². The van der Waals surface area contributed by atoms with Gasteiger partial charge in [-0.2, -0.15) is 5.10 Å². The van der Waals surface area contributed by atoms with Crippen LogP contribution < -0.4 is 5.32 Å². The Morgan fingerprint density at radius 3 is 2.95 bits per heavy atom. The highest BCUT2D eigenvalue weighted by Crippen LogP contribution is 2.34. The molecule has 2 atom stereocenters. The van der Waals surface area contributed by atoms with Gasteiger partial charge in [-0.05, 0) is 45.1 Å². The Bertz CT molecular complexity index is 426. The molecule has 0 radical (unpaired) electrons. The lowest BCUT2D eigenvalue weighted by molar-refractivity contribution is 0.183. The molecule has 5 heteroatoms. The summed E-state index contributed by atoms with van der Waals surface area (Å²) in [5.74, 6) is 2.03. The van der Waals surface area contributed by atoms with Crippen LogP contribution in [0.4, 0.5) is 0 Å². The van der Waals surface area contributed by atoms with E-state index in [0.29, 0.717) is 12.1 Å². The van der Waals surface area contributed by atoms with E-state index < -0.39 is 0 Å². The molecule has 112 valence electrons. The second-order valence-corrected chi connectivity index (χ2v) is 6.36. The zero-order chi connectivity index (χ0) is 13.9. The maximum absolute atomic E-state index is 4.47. The van der Waals surface area contributed by atoms with Crippen LogP contribution in [0.5, 0.6) is 0 Å². The van der Waals surface area contributed by atoms with Gasteiger partial charge in [0.15, 0.2) is 0 Å². The summed E-state index contributed by atoms with van der Waals surface area (Å²) >= 11 is 0. The van der Waals surface area contributed by atoms with Crippen molar-refractivity contribution in [3.63, 3.8) is 0 Å². The SMILES string of the molecule is CCCn1ncnc1CN1CC(C2CC2)NCCC1C. The molecule has 2 unspecified atom stereocenters. The third-order valence-electron chi connectivity index (χ3n) is 4.69. The number of nitrogens with zero attached hydrogens (tertiary/aromatic N) is 4. The molecule has 0 aromatic carbocycles. The van der Waals surface area contributed by atoms with Crippen molar-refractivity contribution in [3.8, 4) is 0 Å². The summed E-state index contributed by atoms with van der Waals surface area (Å²) in [5.41, 5.74) is 0. The molecule has 1 aromatic heterocycles. The van der Waals surface area contributed by atoms with Gasteiger partial charge in [0.2, 0.25) is 0 Å². The first-order valence-corrected chi connectivity index (χ1v) is 8.12. The minimum atomic E-state index is 0.623. The molecule has 2 fully saturated rings. The first-order chi connectivity index (χ1) is 9.78. The van der Waals surface area contributed by atoms with Crippen molar-refractivity contribution in [1.29, 1.82) is 0 Å². The second kappa shape index (κ2) is 6.22. The number of rotatable bonds is 5. The van der Waals surface area contributed by atoms with Crippen LogP contribution in [0.25, 0.3) is 0 Å². The van der Waals surface area contributed by atoms with Crippen LogP contribution in [0.3, 0.4) is 0 Å². The third-order valence-corrected chi connectivity index (χ3v) is 4.69. The van der Waals surface area contributed by atoms with Crippen molar-refractivity contribution in [2.24, 2.45) is 5.92 Å². The van der Waals surface area contributed by atoms with Crippen LogP contribution in [-0.2, 0) is 13.1 Å². The minimum absolute atomic E-state index is 0.623. The Morgan fingerprint density at radius 1 is 1.35 bits per heavy atom. The topological polar surface area (TPSA) is 46.0 Å². The molecule has 0 bridgehead atoms. The summed E-state index contributed by atoms with van der Waals surface area (Å²) in [6.07, 6.45) is 6.85. The van der Waals surface area contributed by atoms with Gasteiger partial charge in [0.1, 0.15) is 12.2 Å². The third kappa shape index (κ3) is 3.20. The Kier molecular flexibility index (Phi) is 4.36. The monoisotopic (exact) mass is 277 g/mol. The van der Waals surface area contributed by atoms with Crippen LogP contribution >= 0.6 is 0 Å². The highest BCUT2D eigenvalue weighted by Gasteiger charge is 2.34. The molecule has 0 spiro atoms. The zero-order valence-electron chi connectivity index (χ0n) is 12.8. The molecule has 0 amide bonds. The molecule has 1 aromatic rings. The standard InChI is InChI=1S/C15H27N5/c1-3-8-20-15(17-11-18-20)10-19-9-14(13-4-5-13)16-7-6-12(19)2/h11-14,16H,3-10H2,1-2H3. The number of nitrogens with one attached hydrogen (secondary N) is 1. The number of hydrogen-bond donors (Lipinski definition) is 1. The first-order valence-electron chi connectivity index (χ1n) is 8.12. The molecule has 1 N–H and O–H groups in total. The fourth-order valence-electron chi connectivity index (χ4n) is 3.18. The quantitative estimate of drug-likeness (QED) is 0.889. The van der Waals surface area contributed by atoms with E-state index in [9.17, 15) is 0 Å². The van der Waals surface area contributed by atoms with Crippen LogP contribution in [0, 0.1) is 5.92 Å². The number of hydrogen-bond acceptors (Lipinski definition) is 4. The molecule has 2 aliphatic rings. The smallest absolute Gasteiger partial charge is 0.141 e. The van der Waals surface area contributed by atoms with Gasteiger partial charge in [0.25, 0.3) is 0 Å². The zero-order valence-corrected chi connectivity index (χ0v) is 12.8. The predicted molar refractivity (Wildman–Crippen MR) is 79.3 cm³/mol. The van der Waals surface area contributed by atoms with E-state index in [1.165, 1.54) is 19.3 Å². The number of aromatic nitrogens is 3. The highest BCUT2D eigenvalue weighted by molar-refractivity contribution is 4.94. The van der Waals surface area contributed by atoms with E-state index in [-0.39, 0.29) is 0 Å². The maximum atomic E-state index is 4.47. The van der Waals surface area contributed by atoms with Gasteiger partial charge >= 0.3 is 0 Å². The van der Waals surface area contributed by atoms with Crippen LogP contribution in [0.15, 0.2) is 6.33 Å².